The van der Waals surface area contributed by atoms with E-state index in [1.54, 1.807) is 18.3 Å². The van der Waals surface area contributed by atoms with Crippen LogP contribution in [0.4, 0.5) is 0 Å². The number of aromatic nitrogens is 1. The van der Waals surface area contributed by atoms with Crippen LogP contribution in [0.2, 0.25) is 5.02 Å². The van der Waals surface area contributed by atoms with Crippen LogP contribution >= 0.6 is 11.6 Å². The average Bonchev–Trinajstić information content (AvgIpc) is 2.77. The number of hydrogen-bond acceptors (Lipinski definition) is 4. The van der Waals surface area contributed by atoms with Crippen molar-refractivity contribution in [1.29, 1.82) is 0 Å². The summed E-state index contributed by atoms with van der Waals surface area (Å²) in [4.78, 5) is 4.16. The Kier molecular flexibility index (Phi) is 3.89. The summed E-state index contributed by atoms with van der Waals surface area (Å²) in [6.07, 6.45) is 1.70. The van der Waals surface area contributed by atoms with E-state index >= 15 is 0 Å². The van der Waals surface area contributed by atoms with Gasteiger partial charge in [-0.15, -0.1) is 0 Å². The molecule has 0 spiro atoms. The summed E-state index contributed by atoms with van der Waals surface area (Å²) in [7, 11) is 0. The number of oxazole rings is 1. The smallest absolute Gasteiger partial charge is 0.211 e. The van der Waals surface area contributed by atoms with E-state index in [9.17, 15) is 5.11 Å². The molecule has 0 aliphatic rings. The van der Waals surface area contributed by atoms with Crippen molar-refractivity contribution in [2.24, 2.45) is 0 Å². The van der Waals surface area contributed by atoms with E-state index < -0.39 is 0 Å². The zero-order chi connectivity index (χ0) is 13.1. The first-order chi connectivity index (χ1) is 8.56. The van der Waals surface area contributed by atoms with E-state index in [4.69, 9.17) is 16.0 Å². The predicted octanol–water partition coefficient (Wildman–Crippen LogP) is 3.19. The number of nitrogens with one attached hydrogen (secondary N) is 1. The Bertz CT molecular complexity index is 540. The quantitative estimate of drug-likeness (QED) is 0.892. The van der Waals surface area contributed by atoms with Gasteiger partial charge in [0.25, 0.3) is 0 Å². The van der Waals surface area contributed by atoms with Gasteiger partial charge in [0, 0.05) is 6.54 Å². The maximum atomic E-state index is 9.32. The minimum atomic E-state index is 0.0197. The van der Waals surface area contributed by atoms with Crippen LogP contribution in [0.25, 0.3) is 0 Å². The molecular formula is C13H15ClN2O2. The Morgan fingerprint density at radius 1 is 1.50 bits per heavy atom. The molecule has 1 aromatic heterocycles. The summed E-state index contributed by atoms with van der Waals surface area (Å²) < 4.78 is 5.44. The highest BCUT2D eigenvalue weighted by atomic mass is 35.5. The van der Waals surface area contributed by atoms with E-state index in [1.165, 1.54) is 0 Å². The molecule has 2 N–H and O–H groups in total. The molecule has 1 aromatic carbocycles. The Morgan fingerprint density at radius 2 is 2.28 bits per heavy atom. The van der Waals surface area contributed by atoms with E-state index in [1.807, 2.05) is 19.9 Å². The largest absolute Gasteiger partial charge is 0.506 e. The third-order valence-electron chi connectivity index (χ3n) is 2.63. The molecule has 0 aliphatic heterocycles. The minimum Gasteiger partial charge on any atom is -0.506 e. The number of aromatic hydroxyl groups is 1. The third-order valence-corrected chi connectivity index (χ3v) is 2.94. The van der Waals surface area contributed by atoms with Crippen LogP contribution in [0.5, 0.6) is 5.75 Å². The van der Waals surface area contributed by atoms with Gasteiger partial charge in [0.15, 0.2) is 0 Å². The van der Waals surface area contributed by atoms with Gasteiger partial charge in [-0.3, -0.25) is 0 Å². The highest BCUT2D eigenvalue weighted by Crippen LogP contribution is 2.23. The van der Waals surface area contributed by atoms with Gasteiger partial charge in [-0.05, 0) is 31.5 Å². The lowest BCUT2D eigenvalue weighted by Crippen LogP contribution is -2.18. The van der Waals surface area contributed by atoms with Gasteiger partial charge < -0.3 is 14.8 Å². The number of benzene rings is 1. The maximum Gasteiger partial charge on any atom is 0.211 e. The first-order valence-electron chi connectivity index (χ1n) is 5.69. The molecule has 0 saturated carbocycles. The highest BCUT2D eigenvalue weighted by molar-refractivity contribution is 6.32. The monoisotopic (exact) mass is 266 g/mol. The lowest BCUT2D eigenvalue weighted by molar-refractivity contribution is 0.402. The lowest BCUT2D eigenvalue weighted by atomic mass is 10.2. The lowest BCUT2D eigenvalue weighted by Gasteiger charge is -2.10. The Labute approximate surface area is 111 Å². The van der Waals surface area contributed by atoms with Crippen molar-refractivity contribution in [1.82, 2.24) is 10.3 Å². The molecule has 2 rings (SSSR count). The Balaban J connectivity index is 1.97. The van der Waals surface area contributed by atoms with Crippen molar-refractivity contribution in [3.8, 4) is 5.75 Å². The second-order valence-electron chi connectivity index (χ2n) is 4.20. The van der Waals surface area contributed by atoms with Crippen LogP contribution in [0, 0.1) is 6.92 Å². The van der Waals surface area contributed by atoms with Gasteiger partial charge in [0.1, 0.15) is 11.5 Å². The van der Waals surface area contributed by atoms with Gasteiger partial charge in [0.2, 0.25) is 5.89 Å². The molecule has 4 nitrogen and oxygen atoms in total. The molecule has 0 radical (unpaired) electrons. The molecule has 0 aliphatic carbocycles. The van der Waals surface area contributed by atoms with Crippen molar-refractivity contribution >= 4 is 11.6 Å². The van der Waals surface area contributed by atoms with Gasteiger partial charge in [-0.1, -0.05) is 17.7 Å². The van der Waals surface area contributed by atoms with Crippen molar-refractivity contribution < 1.29 is 9.52 Å². The topological polar surface area (TPSA) is 58.3 Å². The summed E-state index contributed by atoms with van der Waals surface area (Å²) in [5.74, 6) is 1.56. The third kappa shape index (κ3) is 3.03. The summed E-state index contributed by atoms with van der Waals surface area (Å²) in [5.41, 5.74) is 0.993. The summed E-state index contributed by atoms with van der Waals surface area (Å²) in [6.45, 7) is 4.47. The van der Waals surface area contributed by atoms with Crippen molar-refractivity contribution in [3.05, 3.63) is 46.6 Å². The molecular weight excluding hydrogens is 252 g/mol. The number of rotatable bonds is 4. The van der Waals surface area contributed by atoms with Crippen molar-refractivity contribution in [2.75, 3.05) is 0 Å². The number of halogens is 1. The molecule has 1 atom stereocenters. The van der Waals surface area contributed by atoms with Crippen LogP contribution in [-0.4, -0.2) is 10.1 Å². The molecule has 1 unspecified atom stereocenters. The molecule has 0 fully saturated rings. The molecule has 5 heteroatoms. The molecule has 18 heavy (non-hydrogen) atoms. The standard InChI is InChI=1S/C13H15ClN2O2/c1-8-6-16-13(18-8)9(2)15-7-10-3-4-12(17)11(14)5-10/h3-6,9,15,17H,7H2,1-2H3. The predicted molar refractivity (Wildman–Crippen MR) is 69.6 cm³/mol. The molecule has 0 saturated heterocycles. The second kappa shape index (κ2) is 5.42. The van der Waals surface area contributed by atoms with Crippen LogP contribution in [0.15, 0.2) is 28.8 Å². The van der Waals surface area contributed by atoms with Crippen molar-refractivity contribution in [3.63, 3.8) is 0 Å². The fourth-order valence-corrected chi connectivity index (χ4v) is 1.79. The van der Waals surface area contributed by atoms with Gasteiger partial charge >= 0.3 is 0 Å². The number of phenols is 1. The van der Waals surface area contributed by atoms with Gasteiger partial charge in [-0.2, -0.15) is 0 Å². The zero-order valence-corrected chi connectivity index (χ0v) is 11.0. The molecule has 2 aromatic rings. The normalized spacial score (nSPS) is 12.6. The number of hydrogen-bond donors (Lipinski definition) is 2. The Morgan fingerprint density at radius 3 is 2.89 bits per heavy atom. The maximum absolute atomic E-state index is 9.32. The molecule has 0 amide bonds. The first kappa shape index (κ1) is 12.9. The first-order valence-corrected chi connectivity index (χ1v) is 6.07. The highest BCUT2D eigenvalue weighted by Gasteiger charge is 2.10. The SMILES string of the molecule is Cc1cnc(C(C)NCc2ccc(O)c(Cl)c2)o1. The van der Waals surface area contributed by atoms with Crippen LogP contribution < -0.4 is 5.32 Å². The van der Waals surface area contributed by atoms with Crippen LogP contribution in [0.1, 0.15) is 30.2 Å². The number of aryl methyl sites for hydroxylation is 1. The van der Waals surface area contributed by atoms with Gasteiger partial charge in [-0.25, -0.2) is 4.98 Å². The van der Waals surface area contributed by atoms with Crippen LogP contribution in [-0.2, 0) is 6.54 Å². The van der Waals surface area contributed by atoms with E-state index in [-0.39, 0.29) is 11.8 Å². The number of nitrogens with zero attached hydrogens (tertiary/aromatic N) is 1. The number of phenolic OH excluding ortho intramolecular Hbond substituents is 1. The second-order valence-corrected chi connectivity index (χ2v) is 4.60. The van der Waals surface area contributed by atoms with Crippen LogP contribution in [0.3, 0.4) is 0 Å². The molecule has 1 heterocycles. The molecule has 96 valence electrons. The van der Waals surface area contributed by atoms with E-state index in [2.05, 4.69) is 10.3 Å². The summed E-state index contributed by atoms with van der Waals surface area (Å²) in [5, 5.41) is 13.0. The Hall–Kier alpha value is -1.52. The summed E-state index contributed by atoms with van der Waals surface area (Å²) >= 11 is 5.84. The van der Waals surface area contributed by atoms with Crippen molar-refractivity contribution in [2.45, 2.75) is 26.4 Å². The summed E-state index contributed by atoms with van der Waals surface area (Å²) in [6, 6.07) is 5.16. The molecule has 0 bridgehead atoms. The van der Waals surface area contributed by atoms with E-state index in [0.29, 0.717) is 17.5 Å². The minimum absolute atomic E-state index is 0.0197. The average molecular weight is 267 g/mol. The fourth-order valence-electron chi connectivity index (χ4n) is 1.59. The van der Waals surface area contributed by atoms with Gasteiger partial charge in [0.05, 0.1) is 17.3 Å². The fraction of sp³-hybridized carbons (Fsp3) is 0.308. The zero-order valence-electron chi connectivity index (χ0n) is 10.3. The van der Waals surface area contributed by atoms with E-state index in [0.717, 1.165) is 11.3 Å².